The minimum atomic E-state index is -0.606. The first-order valence-corrected chi connectivity index (χ1v) is 8.97. The minimum absolute atomic E-state index is 0.0646. The Hall–Kier alpha value is -3.39. The van der Waals surface area contributed by atoms with Crippen molar-refractivity contribution < 1.29 is 28.6 Å². The maximum atomic E-state index is 13.0. The Morgan fingerprint density at radius 2 is 2.00 bits per heavy atom. The van der Waals surface area contributed by atoms with E-state index in [0.29, 0.717) is 11.4 Å². The number of anilines is 1. The second-order valence-electron chi connectivity index (χ2n) is 6.36. The van der Waals surface area contributed by atoms with Gasteiger partial charge in [0.25, 0.3) is 5.91 Å². The number of halogens is 1. The molecule has 1 heterocycles. The van der Waals surface area contributed by atoms with E-state index in [9.17, 15) is 14.0 Å². The van der Waals surface area contributed by atoms with Gasteiger partial charge in [-0.05, 0) is 29.8 Å². The molecule has 2 N–H and O–H groups in total. The number of nitrogens with zero attached hydrogens (tertiary/aromatic N) is 1. The van der Waals surface area contributed by atoms with E-state index < -0.39 is 11.9 Å². The number of carbonyl (C=O) groups excluding carboxylic acids is 2. The summed E-state index contributed by atoms with van der Waals surface area (Å²) in [4.78, 5) is 26.0. The van der Waals surface area contributed by atoms with Crippen LogP contribution in [0, 0.1) is 5.82 Å². The SMILES string of the molecule is COC(=O)C1=C(Nc2cccc(OCc3ccc(F)cc3)c2)C(=O)N(CCO)C1. The number of hydrogen-bond acceptors (Lipinski definition) is 6. The van der Waals surface area contributed by atoms with Gasteiger partial charge in [0.05, 0.1) is 25.8 Å². The number of methoxy groups -OCH3 is 1. The van der Waals surface area contributed by atoms with Crippen molar-refractivity contribution in [3.63, 3.8) is 0 Å². The van der Waals surface area contributed by atoms with Crippen LogP contribution in [0.25, 0.3) is 0 Å². The number of aliphatic hydroxyl groups excluding tert-OH is 1. The van der Waals surface area contributed by atoms with E-state index in [0.717, 1.165) is 5.56 Å². The fraction of sp³-hybridized carbons (Fsp3) is 0.238. The average molecular weight is 400 g/mol. The average Bonchev–Trinajstić information content (AvgIpc) is 3.03. The molecular formula is C21H21FN2O5. The van der Waals surface area contributed by atoms with E-state index in [-0.39, 0.29) is 43.4 Å². The number of ether oxygens (including phenoxy) is 2. The quantitative estimate of drug-likeness (QED) is 0.660. The van der Waals surface area contributed by atoms with Gasteiger partial charge in [-0.3, -0.25) is 4.79 Å². The van der Waals surface area contributed by atoms with Crippen molar-refractivity contribution in [3.8, 4) is 5.75 Å². The first-order valence-electron chi connectivity index (χ1n) is 8.97. The van der Waals surface area contributed by atoms with Gasteiger partial charge in [0.15, 0.2) is 0 Å². The van der Waals surface area contributed by atoms with Crippen molar-refractivity contribution in [2.24, 2.45) is 0 Å². The Bertz CT molecular complexity index is 927. The van der Waals surface area contributed by atoms with Crippen molar-refractivity contribution in [1.29, 1.82) is 0 Å². The Labute approximate surface area is 167 Å². The molecule has 7 nitrogen and oxygen atoms in total. The highest BCUT2D eigenvalue weighted by Gasteiger charge is 2.34. The van der Waals surface area contributed by atoms with E-state index in [1.165, 1.54) is 24.1 Å². The summed E-state index contributed by atoms with van der Waals surface area (Å²) >= 11 is 0. The van der Waals surface area contributed by atoms with Gasteiger partial charge in [0.2, 0.25) is 0 Å². The molecule has 2 aromatic rings. The molecule has 0 fully saturated rings. The lowest BCUT2D eigenvalue weighted by Gasteiger charge is -2.15. The first kappa shape index (κ1) is 20.3. The van der Waals surface area contributed by atoms with Crippen molar-refractivity contribution in [1.82, 2.24) is 4.90 Å². The summed E-state index contributed by atoms with van der Waals surface area (Å²) in [5, 5.41) is 12.1. The molecule has 2 aromatic carbocycles. The molecule has 1 amide bonds. The molecule has 0 saturated heterocycles. The smallest absolute Gasteiger partial charge is 0.337 e. The van der Waals surface area contributed by atoms with Gasteiger partial charge >= 0.3 is 5.97 Å². The summed E-state index contributed by atoms with van der Waals surface area (Å²) < 4.78 is 23.5. The molecule has 0 bridgehead atoms. The third-order valence-electron chi connectivity index (χ3n) is 4.38. The lowest BCUT2D eigenvalue weighted by atomic mass is 10.2. The van der Waals surface area contributed by atoms with Crippen LogP contribution in [0.3, 0.4) is 0 Å². The van der Waals surface area contributed by atoms with Crippen LogP contribution >= 0.6 is 0 Å². The maximum absolute atomic E-state index is 13.0. The summed E-state index contributed by atoms with van der Waals surface area (Å²) in [5.41, 5.74) is 1.67. The predicted molar refractivity (Wildman–Crippen MR) is 104 cm³/mol. The van der Waals surface area contributed by atoms with Crippen LogP contribution in [0.2, 0.25) is 0 Å². The van der Waals surface area contributed by atoms with Gasteiger partial charge in [-0.1, -0.05) is 18.2 Å². The third kappa shape index (κ3) is 4.91. The van der Waals surface area contributed by atoms with Gasteiger partial charge in [-0.15, -0.1) is 0 Å². The van der Waals surface area contributed by atoms with Crippen LogP contribution in [0.5, 0.6) is 5.75 Å². The topological polar surface area (TPSA) is 88.1 Å². The van der Waals surface area contributed by atoms with Crippen LogP contribution in [0.15, 0.2) is 59.8 Å². The molecule has 1 aliphatic rings. The Morgan fingerprint density at radius 3 is 2.69 bits per heavy atom. The van der Waals surface area contributed by atoms with Crippen molar-refractivity contribution in [3.05, 3.63) is 71.2 Å². The van der Waals surface area contributed by atoms with E-state index in [4.69, 9.17) is 14.6 Å². The lowest BCUT2D eigenvalue weighted by molar-refractivity contribution is -0.136. The second kappa shape index (κ2) is 9.20. The minimum Gasteiger partial charge on any atom is -0.489 e. The molecule has 3 rings (SSSR count). The molecule has 0 aromatic heterocycles. The Morgan fingerprint density at radius 1 is 1.24 bits per heavy atom. The van der Waals surface area contributed by atoms with Crippen LogP contribution in [-0.2, 0) is 20.9 Å². The van der Waals surface area contributed by atoms with Crippen molar-refractivity contribution in [2.75, 3.05) is 32.1 Å². The number of nitrogens with one attached hydrogen (secondary N) is 1. The van der Waals surface area contributed by atoms with E-state index in [1.54, 1.807) is 36.4 Å². The van der Waals surface area contributed by atoms with E-state index in [1.807, 2.05) is 0 Å². The second-order valence-corrected chi connectivity index (χ2v) is 6.36. The number of aliphatic hydroxyl groups is 1. The number of amides is 1. The molecule has 1 aliphatic heterocycles. The molecular weight excluding hydrogens is 379 g/mol. The third-order valence-corrected chi connectivity index (χ3v) is 4.38. The van der Waals surface area contributed by atoms with Crippen molar-refractivity contribution >= 4 is 17.6 Å². The summed E-state index contributed by atoms with van der Waals surface area (Å²) in [7, 11) is 1.25. The van der Waals surface area contributed by atoms with Gasteiger partial charge in [-0.2, -0.15) is 0 Å². The van der Waals surface area contributed by atoms with Crippen LogP contribution in [0.1, 0.15) is 5.56 Å². The number of β-amino-alcohol motifs (C(OH)–C–C–N with tert-alkyl or cyclic N) is 1. The highest BCUT2D eigenvalue weighted by Crippen LogP contribution is 2.25. The van der Waals surface area contributed by atoms with Gasteiger partial charge in [0, 0.05) is 18.3 Å². The molecule has 0 aliphatic carbocycles. The van der Waals surface area contributed by atoms with E-state index in [2.05, 4.69) is 5.32 Å². The molecule has 0 saturated carbocycles. The number of esters is 1. The van der Waals surface area contributed by atoms with Gasteiger partial charge < -0.3 is 24.8 Å². The van der Waals surface area contributed by atoms with E-state index >= 15 is 0 Å². The van der Waals surface area contributed by atoms with Crippen LogP contribution in [-0.4, -0.2) is 48.7 Å². The molecule has 0 atom stereocenters. The number of carbonyl (C=O) groups is 2. The van der Waals surface area contributed by atoms with Gasteiger partial charge in [0.1, 0.15) is 23.9 Å². The zero-order chi connectivity index (χ0) is 20.8. The normalized spacial score (nSPS) is 13.6. The van der Waals surface area contributed by atoms with Crippen molar-refractivity contribution in [2.45, 2.75) is 6.61 Å². The van der Waals surface area contributed by atoms with Gasteiger partial charge in [-0.25, -0.2) is 9.18 Å². The first-order chi connectivity index (χ1) is 14.0. The molecule has 29 heavy (non-hydrogen) atoms. The maximum Gasteiger partial charge on any atom is 0.337 e. The summed E-state index contributed by atoms with van der Waals surface area (Å²) in [6, 6.07) is 12.9. The molecule has 8 heteroatoms. The highest BCUT2D eigenvalue weighted by molar-refractivity contribution is 6.08. The standard InChI is InChI=1S/C21H21FN2O5/c1-28-21(27)18-12-24(9-10-25)20(26)19(18)23-16-3-2-4-17(11-16)29-13-14-5-7-15(22)8-6-14/h2-8,11,23,25H,9-10,12-13H2,1H3. The molecule has 0 spiro atoms. The zero-order valence-electron chi connectivity index (χ0n) is 15.9. The number of rotatable bonds is 8. The van der Waals surface area contributed by atoms with Crippen LogP contribution in [0.4, 0.5) is 10.1 Å². The van der Waals surface area contributed by atoms with Crippen LogP contribution < -0.4 is 10.1 Å². The number of hydrogen-bond donors (Lipinski definition) is 2. The Balaban J connectivity index is 1.74. The largest absolute Gasteiger partial charge is 0.489 e. The molecule has 152 valence electrons. The zero-order valence-corrected chi connectivity index (χ0v) is 15.9. The lowest BCUT2D eigenvalue weighted by Crippen LogP contribution is -2.31. The predicted octanol–water partition coefficient (Wildman–Crippen LogP) is 2.08. The summed E-state index contributed by atoms with van der Waals surface area (Å²) in [5.74, 6) is -0.773. The molecule has 0 radical (unpaired) electrons. The fourth-order valence-electron chi connectivity index (χ4n) is 2.90. The summed E-state index contributed by atoms with van der Waals surface area (Å²) in [6.45, 7) is 0.226. The summed E-state index contributed by atoms with van der Waals surface area (Å²) in [6.07, 6.45) is 0. The number of benzene rings is 2. The fourth-order valence-corrected chi connectivity index (χ4v) is 2.90. The Kier molecular flexibility index (Phi) is 6.46. The monoisotopic (exact) mass is 400 g/mol. The highest BCUT2D eigenvalue weighted by atomic mass is 19.1. The molecule has 0 unspecified atom stereocenters.